The third kappa shape index (κ3) is 3.77. The molecule has 172 valence electrons. The summed E-state index contributed by atoms with van der Waals surface area (Å²) in [4.78, 5) is 13.1. The number of nitrogens with one attached hydrogen (secondary N) is 1. The maximum absolute atomic E-state index is 13.1. The zero-order chi connectivity index (χ0) is 23.2. The normalized spacial score (nSPS) is 17.9. The monoisotopic (exact) mass is 485 g/mol. The molecule has 1 amide bonds. The number of rotatable bonds is 5. The van der Waals surface area contributed by atoms with E-state index >= 15 is 0 Å². The summed E-state index contributed by atoms with van der Waals surface area (Å²) in [6.07, 6.45) is 2.67. The Morgan fingerprint density at radius 3 is 2.39 bits per heavy atom. The van der Waals surface area contributed by atoms with E-state index in [1.54, 1.807) is 30.3 Å². The summed E-state index contributed by atoms with van der Waals surface area (Å²) in [7, 11) is -7.51. The third-order valence-electron chi connectivity index (χ3n) is 6.04. The largest absolute Gasteiger partial charge is 0.324 e. The zero-order valence-electron chi connectivity index (χ0n) is 17.8. The molecule has 0 unspecified atom stereocenters. The quantitative estimate of drug-likeness (QED) is 0.598. The smallest absolute Gasteiger partial charge is 0.265 e. The van der Waals surface area contributed by atoms with E-state index in [-0.39, 0.29) is 9.79 Å². The van der Waals surface area contributed by atoms with E-state index in [1.165, 1.54) is 22.5 Å². The fourth-order valence-electron chi connectivity index (χ4n) is 4.45. The van der Waals surface area contributed by atoms with Gasteiger partial charge in [-0.3, -0.25) is 9.10 Å². The first-order chi connectivity index (χ1) is 15.8. The van der Waals surface area contributed by atoms with Gasteiger partial charge in [0.05, 0.1) is 15.5 Å². The minimum atomic E-state index is -3.86. The van der Waals surface area contributed by atoms with Gasteiger partial charge in [-0.15, -0.1) is 0 Å². The summed E-state index contributed by atoms with van der Waals surface area (Å²) >= 11 is 0. The van der Waals surface area contributed by atoms with Crippen LogP contribution >= 0.6 is 0 Å². The molecule has 5 rings (SSSR count). The van der Waals surface area contributed by atoms with E-state index in [0.717, 1.165) is 29.0 Å². The van der Waals surface area contributed by atoms with Crippen molar-refractivity contribution in [1.82, 2.24) is 4.31 Å². The molecule has 1 fully saturated rings. The number of carbonyl (C=O) groups excluding carboxylic acids is 1. The maximum Gasteiger partial charge on any atom is 0.265 e. The van der Waals surface area contributed by atoms with E-state index in [4.69, 9.17) is 0 Å². The highest BCUT2D eigenvalue weighted by atomic mass is 32.2. The number of anilines is 2. The van der Waals surface area contributed by atoms with Gasteiger partial charge in [-0.1, -0.05) is 36.8 Å². The summed E-state index contributed by atoms with van der Waals surface area (Å²) in [6, 6.07) is 16.4. The molecule has 2 aliphatic rings. The number of piperidine rings is 1. The van der Waals surface area contributed by atoms with Crippen LogP contribution in [0.3, 0.4) is 0 Å². The summed E-state index contributed by atoms with van der Waals surface area (Å²) in [5.41, 5.74) is 0.755. The van der Waals surface area contributed by atoms with Gasteiger partial charge in [0.25, 0.3) is 10.0 Å². The predicted octanol–water partition coefficient (Wildman–Crippen LogP) is 3.16. The first-order valence-electron chi connectivity index (χ1n) is 10.7. The van der Waals surface area contributed by atoms with Gasteiger partial charge >= 0.3 is 0 Å². The fraction of sp³-hybridized carbons (Fsp3) is 0.261. The van der Waals surface area contributed by atoms with Gasteiger partial charge in [-0.05, 0) is 48.6 Å². The van der Waals surface area contributed by atoms with Crippen molar-refractivity contribution in [2.75, 3.05) is 29.3 Å². The SMILES string of the molecule is O=C(CN1c2cccc3cccc(c23)S1(=O)=O)Nc1cccc(S(=O)(=O)N2CCCCC2)c1. The van der Waals surface area contributed by atoms with Gasteiger partial charge in [0.1, 0.15) is 6.54 Å². The molecule has 1 N–H and O–H groups in total. The second kappa shape index (κ2) is 8.12. The number of hydrogen-bond donors (Lipinski definition) is 1. The fourth-order valence-corrected chi connectivity index (χ4v) is 7.68. The van der Waals surface area contributed by atoms with E-state index in [9.17, 15) is 21.6 Å². The van der Waals surface area contributed by atoms with Crippen LogP contribution in [0.1, 0.15) is 19.3 Å². The molecule has 0 aliphatic carbocycles. The zero-order valence-corrected chi connectivity index (χ0v) is 19.4. The van der Waals surface area contributed by atoms with E-state index in [1.807, 2.05) is 12.1 Å². The van der Waals surface area contributed by atoms with Crippen molar-refractivity contribution in [2.24, 2.45) is 0 Å². The van der Waals surface area contributed by atoms with Crippen LogP contribution in [0.5, 0.6) is 0 Å². The molecule has 0 aromatic heterocycles. The lowest BCUT2D eigenvalue weighted by Gasteiger charge is -2.26. The average Bonchev–Trinajstić information content (AvgIpc) is 3.03. The summed E-state index contributed by atoms with van der Waals surface area (Å²) in [6.45, 7) is 0.551. The molecule has 0 saturated carbocycles. The standard InChI is InChI=1S/C23H23N3O5S2/c27-22(16-26-20-11-4-7-17-8-5-12-21(23(17)20)33(26,30)31)24-18-9-6-10-19(15-18)32(28,29)25-13-2-1-3-14-25/h4-12,15H,1-3,13-14,16H2,(H,24,27). The summed E-state index contributed by atoms with van der Waals surface area (Å²) in [5.74, 6) is -0.559. The number of nitrogens with zero attached hydrogens (tertiary/aromatic N) is 2. The second-order valence-corrected chi connectivity index (χ2v) is 12.0. The Morgan fingerprint density at radius 1 is 0.939 bits per heavy atom. The van der Waals surface area contributed by atoms with Crippen molar-refractivity contribution in [3.05, 3.63) is 60.7 Å². The van der Waals surface area contributed by atoms with Crippen molar-refractivity contribution in [1.29, 1.82) is 0 Å². The highest BCUT2D eigenvalue weighted by molar-refractivity contribution is 7.93. The second-order valence-electron chi connectivity index (χ2n) is 8.18. The topological polar surface area (TPSA) is 104 Å². The van der Waals surface area contributed by atoms with Crippen molar-refractivity contribution < 1.29 is 21.6 Å². The Morgan fingerprint density at radius 2 is 1.64 bits per heavy atom. The molecule has 1 saturated heterocycles. The molecule has 8 nitrogen and oxygen atoms in total. The molecular weight excluding hydrogens is 462 g/mol. The van der Waals surface area contributed by atoms with Gasteiger partial charge in [0.15, 0.2) is 0 Å². The van der Waals surface area contributed by atoms with Crippen LogP contribution in [-0.4, -0.2) is 46.7 Å². The Bertz CT molecular complexity index is 1460. The third-order valence-corrected chi connectivity index (χ3v) is 9.74. The minimum absolute atomic E-state index is 0.105. The molecule has 3 aromatic rings. The number of amides is 1. The molecular formula is C23H23N3O5S2. The van der Waals surface area contributed by atoms with Crippen molar-refractivity contribution in [2.45, 2.75) is 29.1 Å². The van der Waals surface area contributed by atoms with Crippen molar-refractivity contribution >= 4 is 48.1 Å². The van der Waals surface area contributed by atoms with Gasteiger partial charge < -0.3 is 5.32 Å². The summed E-state index contributed by atoms with van der Waals surface area (Å²) < 4.78 is 54.6. The molecule has 0 bridgehead atoms. The van der Waals surface area contributed by atoms with E-state index in [2.05, 4.69) is 5.32 Å². The minimum Gasteiger partial charge on any atom is -0.324 e. The molecule has 33 heavy (non-hydrogen) atoms. The van der Waals surface area contributed by atoms with Crippen molar-refractivity contribution in [3.8, 4) is 0 Å². The molecule has 10 heteroatoms. The molecule has 0 atom stereocenters. The highest BCUT2D eigenvalue weighted by Crippen LogP contribution is 2.41. The Balaban J connectivity index is 1.37. The Labute approximate surface area is 192 Å². The molecule has 2 aliphatic heterocycles. The number of carbonyl (C=O) groups is 1. The lowest BCUT2D eigenvalue weighted by atomic mass is 10.1. The lowest BCUT2D eigenvalue weighted by molar-refractivity contribution is -0.114. The first-order valence-corrected chi connectivity index (χ1v) is 13.6. The van der Waals surface area contributed by atoms with E-state index < -0.39 is 32.5 Å². The van der Waals surface area contributed by atoms with Crippen LogP contribution in [0.2, 0.25) is 0 Å². The van der Waals surface area contributed by atoms with Crippen LogP contribution < -0.4 is 9.62 Å². The molecule has 0 spiro atoms. The van der Waals surface area contributed by atoms with Crippen LogP contribution in [0.15, 0.2) is 70.5 Å². The molecule has 0 radical (unpaired) electrons. The maximum atomic E-state index is 13.1. The Kier molecular flexibility index (Phi) is 5.38. The highest BCUT2D eigenvalue weighted by Gasteiger charge is 2.36. The number of benzene rings is 3. The predicted molar refractivity (Wildman–Crippen MR) is 126 cm³/mol. The van der Waals surface area contributed by atoms with Crippen LogP contribution in [0.4, 0.5) is 11.4 Å². The van der Waals surface area contributed by atoms with Crippen LogP contribution in [-0.2, 0) is 24.8 Å². The van der Waals surface area contributed by atoms with Gasteiger partial charge in [0.2, 0.25) is 15.9 Å². The lowest BCUT2D eigenvalue weighted by Crippen LogP contribution is -2.36. The first kappa shape index (κ1) is 21.9. The van der Waals surface area contributed by atoms with Crippen molar-refractivity contribution in [3.63, 3.8) is 0 Å². The number of hydrogen-bond acceptors (Lipinski definition) is 5. The Hall–Kier alpha value is -2.95. The average molecular weight is 486 g/mol. The van der Waals surface area contributed by atoms with Gasteiger partial charge in [-0.25, -0.2) is 16.8 Å². The molecule has 2 heterocycles. The van der Waals surface area contributed by atoms with E-state index in [0.29, 0.717) is 29.9 Å². The van der Waals surface area contributed by atoms with Gasteiger partial charge in [0, 0.05) is 24.2 Å². The van der Waals surface area contributed by atoms with Crippen LogP contribution in [0, 0.1) is 0 Å². The number of sulfonamides is 2. The summed E-state index contributed by atoms with van der Waals surface area (Å²) in [5, 5.41) is 4.04. The van der Waals surface area contributed by atoms with Gasteiger partial charge in [-0.2, -0.15) is 4.31 Å². The molecule has 3 aromatic carbocycles. The van der Waals surface area contributed by atoms with Crippen LogP contribution in [0.25, 0.3) is 10.8 Å².